The molecule has 1 unspecified atom stereocenters. The first-order valence-corrected chi connectivity index (χ1v) is 8.83. The van der Waals surface area contributed by atoms with Crippen LogP contribution in [0.4, 0.5) is 8.78 Å². The third-order valence-corrected chi connectivity index (χ3v) is 6.21. The van der Waals surface area contributed by atoms with E-state index in [9.17, 15) is 14.3 Å². The van der Waals surface area contributed by atoms with E-state index in [-0.39, 0.29) is 12.0 Å². The smallest absolute Gasteiger partial charge is 0.480 e. The number of allylic oxidation sites excluding steroid dienone is 1. The number of carbonyl (C=O) groups is 1. The molecule has 3 rings (SSSR count). The van der Waals surface area contributed by atoms with Crippen LogP contribution in [0.1, 0.15) is 39.7 Å². The van der Waals surface area contributed by atoms with Crippen LogP contribution < -0.4 is 0 Å². The molecule has 2 heterocycles. The Morgan fingerprint density at radius 2 is 1.88 bits per heavy atom. The average molecular weight is 368 g/mol. The van der Waals surface area contributed by atoms with Gasteiger partial charge in [0, 0.05) is 4.90 Å². The van der Waals surface area contributed by atoms with E-state index in [1.54, 1.807) is 27.7 Å². The number of fused-ring (bicyclic) bond motifs is 1. The molecule has 25 heavy (non-hydrogen) atoms. The van der Waals surface area contributed by atoms with Crippen LogP contribution in [0.2, 0.25) is 0 Å². The summed E-state index contributed by atoms with van der Waals surface area (Å²) in [7, 11) is -1.24. The van der Waals surface area contributed by atoms with E-state index in [0.29, 0.717) is 10.5 Å². The summed E-state index contributed by atoms with van der Waals surface area (Å²) in [5.41, 5.74) is -1.67. The lowest BCUT2D eigenvalue weighted by atomic mass is 9.81. The number of benzene rings is 1. The standard InChI is InChI=1S/C17H19BF2O4S/c1-16(2)17(3,4)24-18(23-16)14(20)11-8-13(15(21)22)25-12-6-5-9(19)7-10(11)12/h5-7,13H,8H2,1-4H3,(H,21,22). The van der Waals surface area contributed by atoms with Crippen molar-refractivity contribution >= 4 is 30.4 Å². The predicted molar refractivity (Wildman–Crippen MR) is 92.4 cm³/mol. The maximum absolute atomic E-state index is 15.2. The highest BCUT2D eigenvalue weighted by Crippen LogP contribution is 2.46. The monoisotopic (exact) mass is 368 g/mol. The Morgan fingerprint density at radius 1 is 1.28 bits per heavy atom. The second-order valence-electron chi connectivity index (χ2n) is 7.20. The van der Waals surface area contributed by atoms with Crippen LogP contribution in [0.15, 0.2) is 28.8 Å². The Labute approximate surface area is 149 Å². The van der Waals surface area contributed by atoms with E-state index >= 15 is 4.39 Å². The summed E-state index contributed by atoms with van der Waals surface area (Å²) >= 11 is 1.09. The summed E-state index contributed by atoms with van der Waals surface area (Å²) in [5.74, 6) is -1.55. The van der Waals surface area contributed by atoms with Gasteiger partial charge < -0.3 is 14.4 Å². The molecule has 0 bridgehead atoms. The molecule has 2 aliphatic rings. The fourth-order valence-corrected chi connectivity index (χ4v) is 3.90. The van der Waals surface area contributed by atoms with Gasteiger partial charge >= 0.3 is 13.1 Å². The highest BCUT2D eigenvalue weighted by Gasteiger charge is 2.54. The van der Waals surface area contributed by atoms with Crippen LogP contribution in [0, 0.1) is 5.82 Å². The first kappa shape index (κ1) is 18.4. The molecule has 1 N–H and O–H groups in total. The van der Waals surface area contributed by atoms with Gasteiger partial charge in [-0.05, 0) is 63.5 Å². The molecule has 0 aliphatic carbocycles. The molecule has 0 radical (unpaired) electrons. The maximum Gasteiger partial charge on any atom is 0.525 e. The molecule has 0 spiro atoms. The molecular weight excluding hydrogens is 349 g/mol. The zero-order valence-electron chi connectivity index (χ0n) is 14.4. The fourth-order valence-electron chi connectivity index (χ4n) is 2.78. The summed E-state index contributed by atoms with van der Waals surface area (Å²) in [5, 5.41) is 8.50. The first-order chi connectivity index (χ1) is 11.5. The minimum Gasteiger partial charge on any atom is -0.480 e. The van der Waals surface area contributed by atoms with Gasteiger partial charge in [0.2, 0.25) is 0 Å². The highest BCUT2D eigenvalue weighted by atomic mass is 32.2. The molecule has 4 nitrogen and oxygen atoms in total. The van der Waals surface area contributed by atoms with Crippen molar-refractivity contribution in [2.24, 2.45) is 0 Å². The Morgan fingerprint density at radius 3 is 2.44 bits per heavy atom. The highest BCUT2D eigenvalue weighted by molar-refractivity contribution is 8.00. The number of hydrogen-bond acceptors (Lipinski definition) is 4. The SMILES string of the molecule is CC1(C)OB(C(F)=C2CC(C(=O)O)Sc3ccc(F)cc32)OC1(C)C. The predicted octanol–water partition coefficient (Wildman–Crippen LogP) is 4.09. The Bertz CT molecular complexity index is 747. The lowest BCUT2D eigenvalue weighted by Gasteiger charge is -2.32. The Kier molecular flexibility index (Phi) is 4.50. The quantitative estimate of drug-likeness (QED) is 0.797. The average Bonchev–Trinajstić information content (AvgIpc) is 2.73. The summed E-state index contributed by atoms with van der Waals surface area (Å²) in [6.45, 7) is 7.20. The molecule has 1 saturated heterocycles. The van der Waals surface area contributed by atoms with Crippen molar-refractivity contribution in [2.45, 2.75) is 55.5 Å². The molecule has 2 aliphatic heterocycles. The first-order valence-electron chi connectivity index (χ1n) is 7.95. The van der Waals surface area contributed by atoms with Crippen LogP contribution >= 0.6 is 11.8 Å². The molecule has 1 aromatic carbocycles. The summed E-state index contributed by atoms with van der Waals surface area (Å²) in [6.07, 6.45) is -0.0631. The summed E-state index contributed by atoms with van der Waals surface area (Å²) < 4.78 is 40.3. The summed E-state index contributed by atoms with van der Waals surface area (Å²) in [6, 6.07) is 3.93. The van der Waals surface area contributed by atoms with Crippen molar-refractivity contribution in [1.29, 1.82) is 0 Å². The lowest BCUT2D eigenvalue weighted by molar-refractivity contribution is -0.136. The number of thioether (sulfide) groups is 1. The van der Waals surface area contributed by atoms with Crippen LogP contribution in [-0.2, 0) is 14.1 Å². The van der Waals surface area contributed by atoms with Crippen molar-refractivity contribution in [3.05, 3.63) is 35.3 Å². The molecule has 1 atom stereocenters. The molecule has 134 valence electrons. The van der Waals surface area contributed by atoms with Crippen LogP contribution in [0.25, 0.3) is 5.57 Å². The van der Waals surface area contributed by atoms with Gasteiger partial charge in [-0.15, -0.1) is 11.8 Å². The van der Waals surface area contributed by atoms with Crippen molar-refractivity contribution < 1.29 is 28.0 Å². The van der Waals surface area contributed by atoms with E-state index in [2.05, 4.69) is 0 Å². The lowest BCUT2D eigenvalue weighted by Crippen LogP contribution is -2.41. The molecule has 8 heteroatoms. The summed E-state index contributed by atoms with van der Waals surface area (Å²) in [4.78, 5) is 12.0. The molecule has 1 aromatic rings. The van der Waals surface area contributed by atoms with E-state index in [0.717, 1.165) is 11.8 Å². The van der Waals surface area contributed by atoms with E-state index in [1.165, 1.54) is 18.2 Å². The van der Waals surface area contributed by atoms with Crippen molar-refractivity contribution in [3.8, 4) is 0 Å². The van der Waals surface area contributed by atoms with Gasteiger partial charge in [0.25, 0.3) is 0 Å². The van der Waals surface area contributed by atoms with Crippen LogP contribution in [-0.4, -0.2) is 34.6 Å². The van der Waals surface area contributed by atoms with Crippen molar-refractivity contribution in [1.82, 2.24) is 0 Å². The van der Waals surface area contributed by atoms with Crippen LogP contribution in [0.3, 0.4) is 0 Å². The maximum atomic E-state index is 15.2. The molecule has 0 amide bonds. The number of halogens is 2. The molecule has 0 saturated carbocycles. The zero-order chi connectivity index (χ0) is 18.6. The minimum atomic E-state index is -1.24. The van der Waals surface area contributed by atoms with Crippen molar-refractivity contribution in [3.63, 3.8) is 0 Å². The Hall–Kier alpha value is -1.38. The topological polar surface area (TPSA) is 55.8 Å². The van der Waals surface area contributed by atoms with Gasteiger partial charge in [0.15, 0.2) is 0 Å². The second kappa shape index (κ2) is 6.11. The Balaban J connectivity index is 2.06. The molecule has 1 fully saturated rings. The van der Waals surface area contributed by atoms with E-state index in [4.69, 9.17) is 9.31 Å². The van der Waals surface area contributed by atoms with Crippen LogP contribution in [0.5, 0.6) is 0 Å². The van der Waals surface area contributed by atoms with Gasteiger partial charge in [-0.1, -0.05) is 0 Å². The normalized spacial score (nSPS) is 26.3. The van der Waals surface area contributed by atoms with Gasteiger partial charge in [0.05, 0.1) is 11.2 Å². The zero-order valence-corrected chi connectivity index (χ0v) is 15.2. The van der Waals surface area contributed by atoms with Gasteiger partial charge in [-0.25, -0.2) is 8.78 Å². The minimum absolute atomic E-state index is 0.0631. The fraction of sp³-hybridized carbons (Fsp3) is 0.471. The van der Waals surface area contributed by atoms with Gasteiger partial charge in [-0.2, -0.15) is 0 Å². The number of rotatable bonds is 2. The molecular formula is C17H19BF2O4S. The number of carboxylic acid groups (broad SMARTS) is 1. The number of hydrogen-bond donors (Lipinski definition) is 1. The van der Waals surface area contributed by atoms with E-state index in [1.807, 2.05) is 0 Å². The third kappa shape index (κ3) is 3.23. The second-order valence-corrected chi connectivity index (χ2v) is 8.45. The van der Waals surface area contributed by atoms with E-state index < -0.39 is 41.1 Å². The third-order valence-electron chi connectivity index (χ3n) is 4.95. The van der Waals surface area contributed by atoms with Gasteiger partial charge in [-0.3, -0.25) is 4.79 Å². The number of carboxylic acids is 1. The van der Waals surface area contributed by atoms with Gasteiger partial charge in [0.1, 0.15) is 16.8 Å². The van der Waals surface area contributed by atoms with Crippen molar-refractivity contribution in [2.75, 3.05) is 0 Å². The molecule has 0 aromatic heterocycles. The largest absolute Gasteiger partial charge is 0.525 e. The number of aliphatic carboxylic acids is 1.